The lowest BCUT2D eigenvalue weighted by Crippen LogP contribution is -2.54. The lowest BCUT2D eigenvalue weighted by Gasteiger charge is -2.30. The number of alkyl carbamates (subject to hydrolysis) is 2. The van der Waals surface area contributed by atoms with Gasteiger partial charge in [0, 0.05) is 20.8 Å². The van der Waals surface area contributed by atoms with Crippen LogP contribution in [0.2, 0.25) is 0 Å². The number of H-pyrrole nitrogens is 2. The van der Waals surface area contributed by atoms with Crippen LogP contribution in [0.5, 0.6) is 0 Å². The molecule has 300 valence electrons. The Morgan fingerprint density at radius 3 is 1.73 bits per heavy atom. The molecule has 16 heteroatoms. The predicted octanol–water partition coefficient (Wildman–Crippen LogP) is 5.13. The van der Waals surface area contributed by atoms with Crippen LogP contribution in [-0.2, 0) is 28.5 Å². The summed E-state index contributed by atoms with van der Waals surface area (Å²) in [6.07, 6.45) is 2.46. The van der Waals surface area contributed by atoms with E-state index in [1.54, 1.807) is 31.1 Å². The topological polar surface area (TPSA) is 202 Å². The molecule has 0 saturated carbocycles. The van der Waals surface area contributed by atoms with E-state index in [0.29, 0.717) is 18.2 Å². The first-order valence-corrected chi connectivity index (χ1v) is 18.5. The largest absolute Gasteiger partial charge is 0.453 e. The van der Waals surface area contributed by atoms with Crippen molar-refractivity contribution in [2.75, 3.05) is 35.0 Å². The average Bonchev–Trinajstić information content (AvgIpc) is 4.02. The van der Waals surface area contributed by atoms with Crippen LogP contribution in [0.3, 0.4) is 0 Å². The van der Waals surface area contributed by atoms with Gasteiger partial charge in [-0.05, 0) is 54.9 Å². The average molecular weight is 773 g/mol. The molecule has 5 rings (SSSR count). The number of carbonyl (C=O) groups excluding carboxylic acids is 4. The summed E-state index contributed by atoms with van der Waals surface area (Å²) in [7, 11) is 5.44. The van der Waals surface area contributed by atoms with Crippen LogP contribution in [0.1, 0.15) is 64.3 Å². The Kier molecular flexibility index (Phi) is 13.9. The SMILES string of the molecule is COC(=O)N[C@H](C(=O)N[C@H](c1ncc(-c2ccc(-c3ccc(-c4cnc([C@@H]5CCCN5C(=O)[C@@H](NC(=O)OC)[C@@H](C)OC)[nH]4)cc3)cc2)[nH]1)C(C)C)[C@@H](C)OC. The summed E-state index contributed by atoms with van der Waals surface area (Å²) in [5, 5.41) is 8.16. The molecule has 4 amide bonds. The van der Waals surface area contributed by atoms with Crippen LogP contribution in [0.25, 0.3) is 33.6 Å². The van der Waals surface area contributed by atoms with Gasteiger partial charge in [0.15, 0.2) is 0 Å². The molecule has 0 unspecified atom stereocenters. The van der Waals surface area contributed by atoms with E-state index in [1.165, 1.54) is 28.4 Å². The van der Waals surface area contributed by atoms with Gasteiger partial charge in [-0.3, -0.25) is 9.59 Å². The van der Waals surface area contributed by atoms with E-state index in [0.717, 1.165) is 46.5 Å². The minimum absolute atomic E-state index is 0.0190. The Morgan fingerprint density at radius 1 is 0.696 bits per heavy atom. The molecule has 0 bridgehead atoms. The third-order valence-electron chi connectivity index (χ3n) is 10.2. The minimum Gasteiger partial charge on any atom is -0.453 e. The quantitative estimate of drug-likeness (QED) is 0.108. The number of nitrogens with zero attached hydrogens (tertiary/aromatic N) is 3. The number of methoxy groups -OCH3 is 4. The van der Waals surface area contributed by atoms with Crippen molar-refractivity contribution in [1.82, 2.24) is 40.8 Å². The van der Waals surface area contributed by atoms with Crippen molar-refractivity contribution in [3.05, 3.63) is 72.6 Å². The first-order valence-electron chi connectivity index (χ1n) is 18.5. The molecule has 16 nitrogen and oxygen atoms in total. The van der Waals surface area contributed by atoms with E-state index in [1.807, 2.05) is 62.4 Å². The molecule has 56 heavy (non-hydrogen) atoms. The van der Waals surface area contributed by atoms with Gasteiger partial charge in [-0.2, -0.15) is 0 Å². The lowest BCUT2D eigenvalue weighted by atomic mass is 10.0. The van der Waals surface area contributed by atoms with Gasteiger partial charge >= 0.3 is 12.2 Å². The van der Waals surface area contributed by atoms with Gasteiger partial charge in [-0.25, -0.2) is 19.6 Å². The van der Waals surface area contributed by atoms with Gasteiger partial charge < -0.3 is 49.8 Å². The Morgan fingerprint density at radius 2 is 1.20 bits per heavy atom. The first kappa shape index (κ1) is 41.4. The summed E-state index contributed by atoms with van der Waals surface area (Å²) in [4.78, 5) is 68.5. The molecule has 1 fully saturated rings. The number of hydrogen-bond acceptors (Lipinski definition) is 10. The number of carbonyl (C=O) groups is 4. The number of hydrogen-bond donors (Lipinski definition) is 5. The monoisotopic (exact) mass is 772 g/mol. The van der Waals surface area contributed by atoms with Gasteiger partial charge in [0.25, 0.3) is 0 Å². The number of ether oxygens (including phenoxy) is 4. The third kappa shape index (κ3) is 9.55. The Labute approximate surface area is 326 Å². The fourth-order valence-corrected chi connectivity index (χ4v) is 6.69. The van der Waals surface area contributed by atoms with E-state index in [4.69, 9.17) is 18.9 Å². The Bertz CT molecular complexity index is 1860. The fraction of sp³-hybridized carbons (Fsp3) is 0.450. The third-order valence-corrected chi connectivity index (χ3v) is 10.2. The van der Waals surface area contributed by atoms with E-state index in [9.17, 15) is 19.2 Å². The number of rotatable bonds is 15. The maximum atomic E-state index is 13.6. The molecule has 0 spiro atoms. The molecule has 6 atom stereocenters. The highest BCUT2D eigenvalue weighted by Crippen LogP contribution is 2.33. The van der Waals surface area contributed by atoms with Crippen LogP contribution in [0.15, 0.2) is 60.9 Å². The number of aromatic nitrogens is 4. The Hall–Kier alpha value is -5.74. The number of aromatic amines is 2. The smallest absolute Gasteiger partial charge is 0.407 e. The first-order chi connectivity index (χ1) is 26.9. The van der Waals surface area contributed by atoms with Crippen LogP contribution >= 0.6 is 0 Å². The molecule has 4 aromatic rings. The molecule has 5 N–H and O–H groups in total. The normalized spacial score (nSPS) is 16.7. The molecule has 0 aliphatic carbocycles. The standard InChI is InChI=1S/C40H52N8O8/c1-22(2)32(45-37(49)33(23(3)53-5)46-39(51)55-7)36-42-21-30(44-36)28-17-13-26(14-18-28)25-11-15-27(16-12-25)29-20-41-35(43-29)31-10-9-19-48(31)38(50)34(24(4)54-6)47-40(52)56-8/h11-18,20-24,31-34H,9-10,19H2,1-8H3,(H,41,43)(H,42,44)(H,45,49)(H,46,51)(H,47,52)/t23-,24-,31+,32+,33+,34+/m1/s1. The van der Waals surface area contributed by atoms with Crippen molar-refractivity contribution in [3.8, 4) is 33.6 Å². The fourth-order valence-electron chi connectivity index (χ4n) is 6.69. The van der Waals surface area contributed by atoms with Crippen molar-refractivity contribution in [2.45, 2.75) is 76.9 Å². The second kappa shape index (κ2) is 18.7. The molecular weight excluding hydrogens is 720 g/mol. The number of likely N-dealkylation sites (tertiary alicyclic amines) is 1. The van der Waals surface area contributed by atoms with Crippen molar-refractivity contribution < 1.29 is 38.1 Å². The number of nitrogens with one attached hydrogen (secondary N) is 5. The van der Waals surface area contributed by atoms with Crippen LogP contribution in [0, 0.1) is 5.92 Å². The predicted molar refractivity (Wildman–Crippen MR) is 208 cm³/mol. The van der Waals surface area contributed by atoms with E-state index in [2.05, 4.69) is 35.9 Å². The van der Waals surface area contributed by atoms with Crippen molar-refractivity contribution in [1.29, 1.82) is 0 Å². The summed E-state index contributed by atoms with van der Waals surface area (Å²) < 4.78 is 20.1. The molecule has 1 aliphatic rings. The van der Waals surface area contributed by atoms with E-state index in [-0.39, 0.29) is 17.9 Å². The zero-order valence-corrected chi connectivity index (χ0v) is 33.0. The highest BCUT2D eigenvalue weighted by Gasteiger charge is 2.39. The van der Waals surface area contributed by atoms with Crippen LogP contribution < -0.4 is 16.0 Å². The number of amides is 4. The molecule has 1 aliphatic heterocycles. The summed E-state index contributed by atoms with van der Waals surface area (Å²) >= 11 is 0. The van der Waals surface area contributed by atoms with Crippen LogP contribution in [0.4, 0.5) is 9.59 Å². The van der Waals surface area contributed by atoms with Crippen molar-refractivity contribution >= 4 is 24.0 Å². The van der Waals surface area contributed by atoms with Gasteiger partial charge in [0.05, 0.1) is 62.3 Å². The summed E-state index contributed by atoms with van der Waals surface area (Å²) in [5.74, 6) is 0.565. The van der Waals surface area contributed by atoms with Gasteiger partial charge in [-0.15, -0.1) is 0 Å². The van der Waals surface area contributed by atoms with E-state index >= 15 is 0 Å². The van der Waals surface area contributed by atoms with E-state index < -0.39 is 48.4 Å². The summed E-state index contributed by atoms with van der Waals surface area (Å²) in [6.45, 7) is 7.90. The second-order valence-electron chi connectivity index (χ2n) is 14.0. The van der Waals surface area contributed by atoms with Crippen molar-refractivity contribution in [3.63, 3.8) is 0 Å². The molecule has 2 aromatic carbocycles. The number of benzene rings is 2. The minimum atomic E-state index is -0.968. The number of imidazole rings is 2. The second-order valence-corrected chi connectivity index (χ2v) is 14.0. The van der Waals surface area contributed by atoms with Gasteiger partial charge in [-0.1, -0.05) is 62.4 Å². The molecular formula is C40H52N8O8. The Balaban J connectivity index is 1.25. The summed E-state index contributed by atoms with van der Waals surface area (Å²) in [6, 6.07) is 13.6. The molecule has 3 heterocycles. The highest BCUT2D eigenvalue weighted by atomic mass is 16.5. The zero-order valence-electron chi connectivity index (χ0n) is 33.0. The van der Waals surface area contributed by atoms with Crippen LogP contribution in [-0.4, -0.2) is 108 Å². The molecule has 1 saturated heterocycles. The lowest BCUT2D eigenvalue weighted by molar-refractivity contribution is -0.137. The molecule has 0 radical (unpaired) electrons. The molecule has 2 aromatic heterocycles. The highest BCUT2D eigenvalue weighted by molar-refractivity contribution is 5.87. The van der Waals surface area contributed by atoms with Gasteiger partial charge in [0.2, 0.25) is 11.8 Å². The summed E-state index contributed by atoms with van der Waals surface area (Å²) in [5.41, 5.74) is 5.53. The maximum Gasteiger partial charge on any atom is 0.407 e. The van der Waals surface area contributed by atoms with Crippen molar-refractivity contribution in [2.24, 2.45) is 5.92 Å². The zero-order chi connectivity index (χ0) is 40.5. The van der Waals surface area contributed by atoms with Gasteiger partial charge in [0.1, 0.15) is 23.7 Å². The maximum absolute atomic E-state index is 13.6.